The molecule has 1 aliphatic heterocycles. The molecule has 1 fully saturated rings. The smallest absolute Gasteiger partial charge is 0.275 e. The van der Waals surface area contributed by atoms with Gasteiger partial charge in [0.05, 0.1) is 4.88 Å². The van der Waals surface area contributed by atoms with Crippen LogP contribution in [0.25, 0.3) is 10.1 Å². The standard InChI is InChI=1S/C14H17N3OS/c15-16-14(18)13-11(9-17-7-3-4-8-17)10-5-1-2-6-12(10)19-13/h1-2,5-6H,3-4,7-9,15H2,(H,16,18). The first-order valence-electron chi connectivity index (χ1n) is 6.53. The molecule has 1 saturated heterocycles. The van der Waals surface area contributed by atoms with E-state index in [1.807, 2.05) is 12.1 Å². The summed E-state index contributed by atoms with van der Waals surface area (Å²) < 4.78 is 1.15. The molecule has 0 unspecified atom stereocenters. The van der Waals surface area contributed by atoms with Crippen molar-refractivity contribution in [3.8, 4) is 0 Å². The highest BCUT2D eigenvalue weighted by Crippen LogP contribution is 2.32. The lowest BCUT2D eigenvalue weighted by Crippen LogP contribution is -2.30. The molecule has 1 aromatic carbocycles. The predicted molar refractivity (Wildman–Crippen MR) is 78.0 cm³/mol. The van der Waals surface area contributed by atoms with E-state index in [0.29, 0.717) is 0 Å². The average Bonchev–Trinajstić information content (AvgIpc) is 3.07. The molecule has 100 valence electrons. The van der Waals surface area contributed by atoms with Crippen molar-refractivity contribution in [2.24, 2.45) is 5.84 Å². The Bertz CT molecular complexity index is 602. The Morgan fingerprint density at radius 2 is 2.05 bits per heavy atom. The van der Waals surface area contributed by atoms with Gasteiger partial charge in [-0.3, -0.25) is 15.1 Å². The third kappa shape index (κ3) is 2.36. The molecule has 4 nitrogen and oxygen atoms in total. The van der Waals surface area contributed by atoms with E-state index in [9.17, 15) is 4.79 Å². The summed E-state index contributed by atoms with van der Waals surface area (Å²) >= 11 is 1.52. The van der Waals surface area contributed by atoms with Crippen molar-refractivity contribution in [2.75, 3.05) is 13.1 Å². The van der Waals surface area contributed by atoms with Crippen LogP contribution in [-0.2, 0) is 6.54 Å². The number of nitrogens with two attached hydrogens (primary N) is 1. The number of nitrogen functional groups attached to an aromatic ring is 1. The molecular weight excluding hydrogens is 258 g/mol. The minimum atomic E-state index is -0.185. The second kappa shape index (κ2) is 5.28. The summed E-state index contributed by atoms with van der Waals surface area (Å²) in [4.78, 5) is 15.1. The molecule has 2 heterocycles. The molecule has 0 bridgehead atoms. The Balaban J connectivity index is 2.04. The molecule has 19 heavy (non-hydrogen) atoms. The van der Waals surface area contributed by atoms with E-state index in [1.54, 1.807) is 0 Å². The third-order valence-corrected chi connectivity index (χ3v) is 4.83. The van der Waals surface area contributed by atoms with Crippen LogP contribution in [0.5, 0.6) is 0 Å². The highest BCUT2D eigenvalue weighted by Gasteiger charge is 2.21. The fourth-order valence-corrected chi connectivity index (χ4v) is 3.79. The van der Waals surface area contributed by atoms with Gasteiger partial charge >= 0.3 is 0 Å². The SMILES string of the molecule is NNC(=O)c1sc2ccccc2c1CN1CCCC1. The molecule has 2 aromatic rings. The fourth-order valence-electron chi connectivity index (χ4n) is 2.67. The maximum atomic E-state index is 11.9. The first-order chi connectivity index (χ1) is 9.29. The van der Waals surface area contributed by atoms with Gasteiger partial charge in [-0.1, -0.05) is 18.2 Å². The maximum Gasteiger partial charge on any atom is 0.275 e. The van der Waals surface area contributed by atoms with E-state index in [4.69, 9.17) is 5.84 Å². The van der Waals surface area contributed by atoms with E-state index >= 15 is 0 Å². The fraction of sp³-hybridized carbons (Fsp3) is 0.357. The summed E-state index contributed by atoms with van der Waals surface area (Å²) in [6, 6.07) is 8.17. The van der Waals surface area contributed by atoms with Crippen LogP contribution < -0.4 is 11.3 Å². The number of amides is 1. The maximum absolute atomic E-state index is 11.9. The van der Waals surface area contributed by atoms with Crippen molar-refractivity contribution in [3.05, 3.63) is 34.7 Å². The number of nitrogens with one attached hydrogen (secondary N) is 1. The molecule has 0 aliphatic carbocycles. The Morgan fingerprint density at radius 3 is 2.79 bits per heavy atom. The zero-order chi connectivity index (χ0) is 13.2. The zero-order valence-corrected chi connectivity index (χ0v) is 11.5. The lowest BCUT2D eigenvalue weighted by molar-refractivity contribution is 0.0956. The number of likely N-dealkylation sites (tertiary alicyclic amines) is 1. The van der Waals surface area contributed by atoms with Gasteiger partial charge in [-0.2, -0.15) is 0 Å². The average molecular weight is 275 g/mol. The Labute approximate surface area is 116 Å². The van der Waals surface area contributed by atoms with Crippen LogP contribution in [-0.4, -0.2) is 23.9 Å². The normalized spacial score (nSPS) is 16.1. The lowest BCUT2D eigenvalue weighted by atomic mass is 10.1. The number of hydrogen-bond donors (Lipinski definition) is 2. The number of carbonyl (C=O) groups excluding carboxylic acids is 1. The van der Waals surface area contributed by atoms with E-state index in [-0.39, 0.29) is 5.91 Å². The van der Waals surface area contributed by atoms with E-state index in [2.05, 4.69) is 22.5 Å². The summed E-state index contributed by atoms with van der Waals surface area (Å²) in [6.45, 7) is 3.08. The van der Waals surface area contributed by atoms with Crippen molar-refractivity contribution < 1.29 is 4.79 Å². The number of fused-ring (bicyclic) bond motifs is 1. The number of thiophene rings is 1. The van der Waals surface area contributed by atoms with Gasteiger partial charge in [-0.15, -0.1) is 11.3 Å². The molecule has 0 spiro atoms. The summed E-state index contributed by atoms with van der Waals surface area (Å²) in [6.07, 6.45) is 2.50. The van der Waals surface area contributed by atoms with Crippen LogP contribution in [0.3, 0.4) is 0 Å². The number of hydrogen-bond acceptors (Lipinski definition) is 4. The molecule has 3 rings (SSSR count). The first-order valence-corrected chi connectivity index (χ1v) is 7.35. The predicted octanol–water partition coefficient (Wildman–Crippen LogP) is 2.10. The number of carbonyl (C=O) groups is 1. The monoisotopic (exact) mass is 275 g/mol. The number of nitrogens with zero attached hydrogens (tertiary/aromatic N) is 1. The van der Waals surface area contributed by atoms with E-state index < -0.39 is 0 Å². The van der Waals surface area contributed by atoms with Gasteiger partial charge in [0.15, 0.2) is 0 Å². The number of hydrazine groups is 1. The number of benzene rings is 1. The summed E-state index contributed by atoms with van der Waals surface area (Å²) in [5.74, 6) is 5.11. The Morgan fingerprint density at radius 1 is 1.32 bits per heavy atom. The molecule has 1 aromatic heterocycles. The van der Waals surface area contributed by atoms with Gasteiger partial charge in [0.1, 0.15) is 0 Å². The molecule has 5 heteroatoms. The second-order valence-electron chi connectivity index (χ2n) is 4.86. The Kier molecular flexibility index (Phi) is 3.50. The minimum Gasteiger partial charge on any atom is -0.299 e. The third-order valence-electron chi connectivity index (χ3n) is 3.62. The quantitative estimate of drug-likeness (QED) is 0.512. The zero-order valence-electron chi connectivity index (χ0n) is 10.7. The van der Waals surface area contributed by atoms with Crippen LogP contribution >= 0.6 is 11.3 Å². The van der Waals surface area contributed by atoms with Crippen molar-refractivity contribution in [1.29, 1.82) is 0 Å². The van der Waals surface area contributed by atoms with E-state index in [0.717, 1.165) is 34.8 Å². The highest BCUT2D eigenvalue weighted by molar-refractivity contribution is 7.21. The summed E-state index contributed by atoms with van der Waals surface area (Å²) in [5.41, 5.74) is 3.38. The van der Waals surface area contributed by atoms with Crippen molar-refractivity contribution in [2.45, 2.75) is 19.4 Å². The van der Waals surface area contributed by atoms with Crippen LogP contribution in [0.15, 0.2) is 24.3 Å². The second-order valence-corrected chi connectivity index (χ2v) is 5.91. The number of rotatable bonds is 3. The van der Waals surface area contributed by atoms with Gasteiger partial charge < -0.3 is 0 Å². The largest absolute Gasteiger partial charge is 0.299 e. The molecule has 0 saturated carbocycles. The van der Waals surface area contributed by atoms with Gasteiger partial charge in [-0.25, -0.2) is 5.84 Å². The van der Waals surface area contributed by atoms with Gasteiger partial charge in [-0.05, 0) is 42.9 Å². The van der Waals surface area contributed by atoms with Gasteiger partial charge in [0.25, 0.3) is 5.91 Å². The summed E-state index contributed by atoms with van der Waals surface area (Å²) in [5, 5.41) is 1.18. The highest BCUT2D eigenvalue weighted by atomic mass is 32.1. The molecule has 1 amide bonds. The first kappa shape index (κ1) is 12.6. The Hall–Kier alpha value is -1.43. The minimum absolute atomic E-state index is 0.185. The van der Waals surface area contributed by atoms with Gasteiger partial charge in [0, 0.05) is 11.2 Å². The lowest BCUT2D eigenvalue weighted by Gasteiger charge is -2.15. The molecular formula is C14H17N3OS. The van der Waals surface area contributed by atoms with Gasteiger partial charge in [0.2, 0.25) is 0 Å². The van der Waals surface area contributed by atoms with Crippen molar-refractivity contribution in [3.63, 3.8) is 0 Å². The van der Waals surface area contributed by atoms with E-state index in [1.165, 1.54) is 29.6 Å². The van der Waals surface area contributed by atoms with Crippen molar-refractivity contribution >= 4 is 27.3 Å². The van der Waals surface area contributed by atoms with Crippen LogP contribution in [0, 0.1) is 0 Å². The molecule has 1 aliphatic rings. The molecule has 0 atom stereocenters. The summed E-state index contributed by atoms with van der Waals surface area (Å²) in [7, 11) is 0. The molecule has 0 radical (unpaired) electrons. The molecule has 3 N–H and O–H groups in total. The topological polar surface area (TPSA) is 58.4 Å². The van der Waals surface area contributed by atoms with Crippen LogP contribution in [0.1, 0.15) is 28.1 Å². The van der Waals surface area contributed by atoms with Crippen molar-refractivity contribution in [1.82, 2.24) is 10.3 Å². The van der Waals surface area contributed by atoms with Crippen LogP contribution in [0.4, 0.5) is 0 Å². The van der Waals surface area contributed by atoms with Crippen LogP contribution in [0.2, 0.25) is 0 Å².